The minimum atomic E-state index is -4.46. The summed E-state index contributed by atoms with van der Waals surface area (Å²) in [5, 5.41) is 0. The number of nitrogens with one attached hydrogen (secondary N) is 1. The lowest BCUT2D eigenvalue weighted by atomic mass is 10.4. The SMILES string of the molecule is Nc1ncc(S(=O)(=O)NCC(F)(F)C(F)F)cn1. The Labute approximate surface area is 99.3 Å². The van der Waals surface area contributed by atoms with E-state index < -0.39 is 33.8 Å². The zero-order valence-corrected chi connectivity index (χ0v) is 9.46. The molecule has 0 saturated carbocycles. The molecule has 0 radical (unpaired) electrons. The van der Waals surface area contributed by atoms with Gasteiger partial charge in [0.15, 0.2) is 0 Å². The molecular weight excluding hydrogens is 280 g/mol. The lowest BCUT2D eigenvalue weighted by Crippen LogP contribution is -2.41. The molecule has 11 heteroatoms. The maximum absolute atomic E-state index is 12.5. The van der Waals surface area contributed by atoms with Gasteiger partial charge in [-0.25, -0.2) is 31.9 Å². The predicted octanol–water partition coefficient (Wildman–Crippen LogP) is 0.238. The van der Waals surface area contributed by atoms with E-state index in [1.54, 1.807) is 0 Å². The molecule has 0 saturated heterocycles. The van der Waals surface area contributed by atoms with Gasteiger partial charge >= 0.3 is 12.3 Å². The fourth-order valence-corrected chi connectivity index (χ4v) is 1.75. The van der Waals surface area contributed by atoms with Crippen molar-refractivity contribution in [2.75, 3.05) is 12.3 Å². The number of anilines is 1. The van der Waals surface area contributed by atoms with Gasteiger partial charge in [-0.1, -0.05) is 0 Å². The Hall–Kier alpha value is -1.49. The molecule has 0 atom stereocenters. The van der Waals surface area contributed by atoms with Crippen molar-refractivity contribution in [3.05, 3.63) is 12.4 Å². The van der Waals surface area contributed by atoms with E-state index in [0.717, 1.165) is 12.4 Å². The van der Waals surface area contributed by atoms with E-state index in [9.17, 15) is 26.0 Å². The number of nitrogen functional groups attached to an aromatic ring is 1. The van der Waals surface area contributed by atoms with Crippen LogP contribution in [-0.4, -0.2) is 37.3 Å². The van der Waals surface area contributed by atoms with E-state index >= 15 is 0 Å². The van der Waals surface area contributed by atoms with E-state index in [4.69, 9.17) is 5.73 Å². The van der Waals surface area contributed by atoms with Gasteiger partial charge in [-0.15, -0.1) is 0 Å². The normalized spacial score (nSPS) is 12.9. The maximum atomic E-state index is 12.5. The number of hydrogen-bond acceptors (Lipinski definition) is 5. The topological polar surface area (TPSA) is 98.0 Å². The van der Waals surface area contributed by atoms with E-state index in [2.05, 4.69) is 9.97 Å². The van der Waals surface area contributed by atoms with Crippen molar-refractivity contribution in [1.82, 2.24) is 14.7 Å². The molecule has 0 aliphatic heterocycles. The number of halogens is 4. The summed E-state index contributed by atoms with van der Waals surface area (Å²) in [6, 6.07) is 0. The fourth-order valence-electron chi connectivity index (χ4n) is 0.817. The highest BCUT2D eigenvalue weighted by Crippen LogP contribution is 2.22. The molecule has 1 heterocycles. The second-order valence-electron chi connectivity index (χ2n) is 3.16. The molecule has 0 spiro atoms. The summed E-state index contributed by atoms with van der Waals surface area (Å²) in [5.74, 6) is -4.67. The third-order valence-corrected chi connectivity index (χ3v) is 3.13. The average Bonchev–Trinajstić information content (AvgIpc) is 2.27. The molecule has 0 aromatic carbocycles. The zero-order chi connectivity index (χ0) is 14.0. The molecule has 18 heavy (non-hydrogen) atoms. The van der Waals surface area contributed by atoms with Gasteiger partial charge in [0, 0.05) is 0 Å². The first-order valence-electron chi connectivity index (χ1n) is 4.38. The largest absolute Gasteiger partial charge is 0.368 e. The minimum absolute atomic E-state index is 0.216. The Morgan fingerprint density at radius 3 is 2.28 bits per heavy atom. The van der Waals surface area contributed by atoms with Crippen LogP contribution >= 0.6 is 0 Å². The molecule has 1 rings (SSSR count). The van der Waals surface area contributed by atoms with Crippen molar-refractivity contribution in [3.8, 4) is 0 Å². The number of rotatable bonds is 5. The third kappa shape index (κ3) is 3.50. The van der Waals surface area contributed by atoms with Gasteiger partial charge in [0.2, 0.25) is 16.0 Å². The maximum Gasteiger partial charge on any atom is 0.320 e. The fraction of sp³-hybridized carbons (Fsp3) is 0.429. The molecule has 1 aromatic heterocycles. The van der Waals surface area contributed by atoms with E-state index in [1.807, 2.05) is 0 Å². The molecule has 0 bridgehead atoms. The summed E-state index contributed by atoms with van der Waals surface area (Å²) in [4.78, 5) is 6.12. The van der Waals surface area contributed by atoms with Crippen LogP contribution in [0.5, 0.6) is 0 Å². The minimum Gasteiger partial charge on any atom is -0.368 e. The van der Waals surface area contributed by atoms with Gasteiger partial charge < -0.3 is 5.73 Å². The highest BCUT2D eigenvalue weighted by molar-refractivity contribution is 7.89. The molecule has 0 aliphatic rings. The lowest BCUT2D eigenvalue weighted by Gasteiger charge is -2.15. The first-order valence-corrected chi connectivity index (χ1v) is 5.86. The molecule has 6 nitrogen and oxygen atoms in total. The third-order valence-electron chi connectivity index (χ3n) is 1.78. The summed E-state index contributed by atoms with van der Waals surface area (Å²) in [7, 11) is -4.39. The first-order chi connectivity index (χ1) is 8.15. The van der Waals surface area contributed by atoms with Crippen LogP contribution in [0.15, 0.2) is 17.3 Å². The molecule has 0 unspecified atom stereocenters. The number of hydrogen-bond donors (Lipinski definition) is 2. The summed E-state index contributed by atoms with van der Waals surface area (Å²) in [6.07, 6.45) is -2.43. The van der Waals surface area contributed by atoms with Crippen LogP contribution in [0.25, 0.3) is 0 Å². The molecule has 0 fully saturated rings. The summed E-state index contributed by atoms with van der Waals surface area (Å²) < 4.78 is 72.8. The quantitative estimate of drug-likeness (QED) is 0.756. The van der Waals surface area contributed by atoms with Crippen molar-refractivity contribution in [1.29, 1.82) is 0 Å². The smallest absolute Gasteiger partial charge is 0.320 e. The van der Waals surface area contributed by atoms with Gasteiger partial charge in [-0.3, -0.25) is 0 Å². The van der Waals surface area contributed by atoms with Crippen LogP contribution in [0.1, 0.15) is 0 Å². The lowest BCUT2D eigenvalue weighted by molar-refractivity contribution is -0.122. The average molecular weight is 288 g/mol. The van der Waals surface area contributed by atoms with Crippen molar-refractivity contribution >= 4 is 16.0 Å². The van der Waals surface area contributed by atoms with Crippen molar-refractivity contribution < 1.29 is 26.0 Å². The summed E-state index contributed by atoms with van der Waals surface area (Å²) >= 11 is 0. The Bertz CT molecular complexity index is 505. The Morgan fingerprint density at radius 2 is 1.83 bits per heavy atom. The van der Waals surface area contributed by atoms with Crippen LogP contribution in [0.4, 0.5) is 23.5 Å². The van der Waals surface area contributed by atoms with Crippen LogP contribution in [-0.2, 0) is 10.0 Å². The van der Waals surface area contributed by atoms with Crippen LogP contribution in [0.3, 0.4) is 0 Å². The summed E-state index contributed by atoms with van der Waals surface area (Å²) in [5.41, 5.74) is 5.10. The Morgan fingerprint density at radius 1 is 1.33 bits per heavy atom. The molecule has 1 aromatic rings. The summed E-state index contributed by atoms with van der Waals surface area (Å²) in [6.45, 7) is -1.72. The van der Waals surface area contributed by atoms with Gasteiger partial charge in [-0.05, 0) is 0 Å². The highest BCUT2D eigenvalue weighted by atomic mass is 32.2. The second-order valence-corrected chi connectivity index (χ2v) is 4.93. The second kappa shape index (κ2) is 5.02. The number of sulfonamides is 1. The van der Waals surface area contributed by atoms with Gasteiger partial charge in [-0.2, -0.15) is 8.78 Å². The Kier molecular flexibility index (Phi) is 4.06. The van der Waals surface area contributed by atoms with Gasteiger partial charge in [0.1, 0.15) is 4.90 Å². The predicted molar refractivity (Wildman–Crippen MR) is 52.6 cm³/mol. The van der Waals surface area contributed by atoms with E-state index in [0.29, 0.717) is 0 Å². The van der Waals surface area contributed by atoms with Crippen molar-refractivity contribution in [2.45, 2.75) is 17.2 Å². The Balaban J connectivity index is 2.81. The first kappa shape index (κ1) is 14.6. The highest BCUT2D eigenvalue weighted by Gasteiger charge is 2.41. The molecule has 0 amide bonds. The molecule has 0 aliphatic carbocycles. The standard InChI is InChI=1S/C7H8F4N4O2S/c8-5(9)7(10,11)3-15-18(16,17)4-1-13-6(12)14-2-4/h1-2,5,15H,3H2,(H2,12,13,14). The number of nitrogens with two attached hydrogens (primary N) is 1. The van der Waals surface area contributed by atoms with Crippen molar-refractivity contribution in [3.63, 3.8) is 0 Å². The van der Waals surface area contributed by atoms with Crippen LogP contribution in [0, 0.1) is 0 Å². The molecular formula is C7H8F4N4O2S. The van der Waals surface area contributed by atoms with E-state index in [1.165, 1.54) is 4.72 Å². The van der Waals surface area contributed by atoms with Crippen molar-refractivity contribution in [2.24, 2.45) is 0 Å². The molecule has 102 valence electrons. The number of nitrogens with zero attached hydrogens (tertiary/aromatic N) is 2. The van der Waals surface area contributed by atoms with Gasteiger partial charge in [0.25, 0.3) is 0 Å². The number of alkyl halides is 4. The number of aromatic nitrogens is 2. The molecule has 3 N–H and O–H groups in total. The van der Waals surface area contributed by atoms with E-state index in [-0.39, 0.29) is 5.95 Å². The monoisotopic (exact) mass is 288 g/mol. The van der Waals surface area contributed by atoms with Crippen LogP contribution in [0.2, 0.25) is 0 Å². The zero-order valence-electron chi connectivity index (χ0n) is 8.65. The van der Waals surface area contributed by atoms with Crippen LogP contribution < -0.4 is 10.5 Å². The van der Waals surface area contributed by atoms with Gasteiger partial charge in [0.05, 0.1) is 18.9 Å².